The average molecular weight is 213 g/mol. The highest BCUT2D eigenvalue weighted by atomic mass is 16.2. The molecule has 2 N–H and O–H groups in total. The summed E-state index contributed by atoms with van der Waals surface area (Å²) in [5.41, 5.74) is 0. The summed E-state index contributed by atoms with van der Waals surface area (Å²) in [4.78, 5) is 0. The van der Waals surface area contributed by atoms with Gasteiger partial charge in [0.05, 0.1) is 0 Å². The third-order valence-corrected chi connectivity index (χ3v) is 3.73. The Labute approximate surface area is 94.5 Å². The van der Waals surface area contributed by atoms with Crippen molar-refractivity contribution in [3.05, 3.63) is 0 Å². The van der Waals surface area contributed by atoms with Gasteiger partial charge in [-0.15, -0.1) is 0 Å². The Morgan fingerprint density at radius 1 is 1.13 bits per heavy atom. The second-order valence-corrected chi connectivity index (χ2v) is 4.99. The second-order valence-electron chi connectivity index (χ2n) is 4.99. The lowest BCUT2D eigenvalue weighted by Gasteiger charge is -2.14. The molecular weight excluding hydrogens is 186 g/mol. The molecule has 0 aliphatic heterocycles. The SMILES string of the molecule is CC1CCCC1CCCNCCCCO. The van der Waals surface area contributed by atoms with E-state index in [1.165, 1.54) is 32.1 Å². The number of aliphatic hydroxyl groups excluding tert-OH is 1. The highest BCUT2D eigenvalue weighted by Crippen LogP contribution is 2.34. The van der Waals surface area contributed by atoms with Crippen LogP contribution >= 0.6 is 0 Å². The van der Waals surface area contributed by atoms with Crippen molar-refractivity contribution in [3.63, 3.8) is 0 Å². The maximum Gasteiger partial charge on any atom is 0.0431 e. The second kappa shape index (κ2) is 8.12. The van der Waals surface area contributed by atoms with E-state index in [0.717, 1.165) is 37.8 Å². The molecule has 1 fully saturated rings. The minimum absolute atomic E-state index is 0.335. The molecule has 0 amide bonds. The zero-order valence-corrected chi connectivity index (χ0v) is 10.2. The fourth-order valence-electron chi connectivity index (χ4n) is 2.63. The van der Waals surface area contributed by atoms with Crippen LogP contribution in [0.5, 0.6) is 0 Å². The van der Waals surface area contributed by atoms with Crippen LogP contribution in [0, 0.1) is 11.8 Å². The molecule has 15 heavy (non-hydrogen) atoms. The van der Waals surface area contributed by atoms with Crippen molar-refractivity contribution in [2.45, 2.75) is 51.9 Å². The largest absolute Gasteiger partial charge is 0.396 e. The smallest absolute Gasteiger partial charge is 0.0431 e. The van der Waals surface area contributed by atoms with Gasteiger partial charge in [-0.1, -0.05) is 26.2 Å². The van der Waals surface area contributed by atoms with Crippen LogP contribution in [0.3, 0.4) is 0 Å². The predicted molar refractivity (Wildman–Crippen MR) is 64.9 cm³/mol. The van der Waals surface area contributed by atoms with Crippen LogP contribution in [-0.4, -0.2) is 24.8 Å². The van der Waals surface area contributed by atoms with E-state index in [4.69, 9.17) is 5.11 Å². The topological polar surface area (TPSA) is 32.3 Å². The molecule has 0 saturated heterocycles. The number of hydrogen-bond acceptors (Lipinski definition) is 2. The van der Waals surface area contributed by atoms with E-state index in [1.54, 1.807) is 0 Å². The van der Waals surface area contributed by atoms with E-state index in [0.29, 0.717) is 6.61 Å². The van der Waals surface area contributed by atoms with Gasteiger partial charge < -0.3 is 10.4 Å². The van der Waals surface area contributed by atoms with Gasteiger partial charge in [-0.05, 0) is 50.6 Å². The summed E-state index contributed by atoms with van der Waals surface area (Å²) in [5.74, 6) is 1.98. The van der Waals surface area contributed by atoms with Gasteiger partial charge in [0.25, 0.3) is 0 Å². The van der Waals surface area contributed by atoms with Crippen LogP contribution in [0.4, 0.5) is 0 Å². The van der Waals surface area contributed by atoms with Crippen molar-refractivity contribution >= 4 is 0 Å². The molecule has 2 heteroatoms. The molecule has 0 aromatic carbocycles. The quantitative estimate of drug-likeness (QED) is 0.607. The van der Waals surface area contributed by atoms with Crippen molar-refractivity contribution in [1.29, 1.82) is 0 Å². The third kappa shape index (κ3) is 5.53. The Balaban J connectivity index is 1.84. The molecule has 2 unspecified atom stereocenters. The average Bonchev–Trinajstić information content (AvgIpc) is 2.63. The van der Waals surface area contributed by atoms with Crippen molar-refractivity contribution in [3.8, 4) is 0 Å². The minimum Gasteiger partial charge on any atom is -0.396 e. The molecule has 90 valence electrons. The van der Waals surface area contributed by atoms with Crippen LogP contribution in [0.2, 0.25) is 0 Å². The van der Waals surface area contributed by atoms with E-state index >= 15 is 0 Å². The van der Waals surface area contributed by atoms with Crippen LogP contribution in [0.1, 0.15) is 51.9 Å². The van der Waals surface area contributed by atoms with Crippen molar-refractivity contribution in [2.24, 2.45) is 11.8 Å². The van der Waals surface area contributed by atoms with E-state index in [9.17, 15) is 0 Å². The zero-order valence-electron chi connectivity index (χ0n) is 10.2. The van der Waals surface area contributed by atoms with E-state index < -0.39 is 0 Å². The van der Waals surface area contributed by atoms with E-state index in [2.05, 4.69) is 12.2 Å². The summed E-state index contributed by atoms with van der Waals surface area (Å²) in [6.07, 6.45) is 9.15. The van der Waals surface area contributed by atoms with Gasteiger partial charge >= 0.3 is 0 Å². The first-order chi connectivity index (χ1) is 7.34. The summed E-state index contributed by atoms with van der Waals surface area (Å²) in [6, 6.07) is 0. The molecule has 1 rings (SSSR count). The summed E-state index contributed by atoms with van der Waals surface area (Å²) < 4.78 is 0. The molecule has 0 aromatic heterocycles. The lowest BCUT2D eigenvalue weighted by molar-refractivity contribution is 0.283. The number of aliphatic hydroxyl groups is 1. The van der Waals surface area contributed by atoms with Gasteiger partial charge in [-0.25, -0.2) is 0 Å². The Morgan fingerprint density at radius 2 is 1.93 bits per heavy atom. The van der Waals surface area contributed by atoms with Crippen LogP contribution in [0.15, 0.2) is 0 Å². The van der Waals surface area contributed by atoms with Crippen LogP contribution in [0.25, 0.3) is 0 Å². The highest BCUT2D eigenvalue weighted by molar-refractivity contribution is 4.74. The Morgan fingerprint density at radius 3 is 2.60 bits per heavy atom. The van der Waals surface area contributed by atoms with Gasteiger partial charge in [0.2, 0.25) is 0 Å². The lowest BCUT2D eigenvalue weighted by atomic mass is 9.93. The lowest BCUT2D eigenvalue weighted by Crippen LogP contribution is -2.18. The van der Waals surface area contributed by atoms with Crippen molar-refractivity contribution in [2.75, 3.05) is 19.7 Å². The summed E-state index contributed by atoms with van der Waals surface area (Å²) in [7, 11) is 0. The van der Waals surface area contributed by atoms with Crippen molar-refractivity contribution in [1.82, 2.24) is 5.32 Å². The molecule has 1 aliphatic carbocycles. The molecule has 0 bridgehead atoms. The molecule has 2 nitrogen and oxygen atoms in total. The molecule has 0 spiro atoms. The molecule has 0 aromatic rings. The number of unbranched alkanes of at least 4 members (excludes halogenated alkanes) is 1. The van der Waals surface area contributed by atoms with Gasteiger partial charge in [0.15, 0.2) is 0 Å². The molecule has 0 radical (unpaired) electrons. The Kier molecular flexibility index (Phi) is 7.03. The van der Waals surface area contributed by atoms with Gasteiger partial charge in [0, 0.05) is 6.61 Å². The van der Waals surface area contributed by atoms with E-state index in [1.807, 2.05) is 0 Å². The summed E-state index contributed by atoms with van der Waals surface area (Å²) in [6.45, 7) is 4.98. The minimum atomic E-state index is 0.335. The molecular formula is C13H27NO. The fourth-order valence-corrected chi connectivity index (χ4v) is 2.63. The number of rotatable bonds is 8. The Bertz CT molecular complexity index is 149. The highest BCUT2D eigenvalue weighted by Gasteiger charge is 2.22. The normalized spacial score (nSPS) is 26.0. The first-order valence-electron chi connectivity index (χ1n) is 6.66. The van der Waals surface area contributed by atoms with Gasteiger partial charge in [-0.2, -0.15) is 0 Å². The maximum absolute atomic E-state index is 8.61. The first-order valence-corrected chi connectivity index (χ1v) is 6.66. The predicted octanol–water partition coefficient (Wildman–Crippen LogP) is 2.56. The zero-order chi connectivity index (χ0) is 10.9. The Hall–Kier alpha value is -0.0800. The molecule has 2 atom stereocenters. The van der Waals surface area contributed by atoms with E-state index in [-0.39, 0.29) is 0 Å². The van der Waals surface area contributed by atoms with Gasteiger partial charge in [-0.3, -0.25) is 0 Å². The molecule has 1 aliphatic rings. The summed E-state index contributed by atoms with van der Waals surface area (Å²) >= 11 is 0. The van der Waals surface area contributed by atoms with Crippen LogP contribution < -0.4 is 5.32 Å². The third-order valence-electron chi connectivity index (χ3n) is 3.73. The standard InChI is InChI=1S/C13H27NO/c1-12-6-4-7-13(12)8-5-10-14-9-2-3-11-15/h12-15H,2-11H2,1H3. The number of nitrogens with one attached hydrogen (secondary N) is 1. The van der Waals surface area contributed by atoms with Crippen LogP contribution in [-0.2, 0) is 0 Å². The monoisotopic (exact) mass is 213 g/mol. The maximum atomic E-state index is 8.61. The van der Waals surface area contributed by atoms with Crippen molar-refractivity contribution < 1.29 is 5.11 Å². The number of hydrogen-bond donors (Lipinski definition) is 2. The fraction of sp³-hybridized carbons (Fsp3) is 1.00. The summed E-state index contributed by atoms with van der Waals surface area (Å²) in [5, 5.41) is 12.1. The molecule has 1 saturated carbocycles. The first kappa shape index (κ1) is 13.0. The molecule has 0 heterocycles. The van der Waals surface area contributed by atoms with Gasteiger partial charge in [0.1, 0.15) is 0 Å².